The first-order chi connectivity index (χ1) is 10.7. The van der Waals surface area contributed by atoms with E-state index >= 15 is 0 Å². The van der Waals surface area contributed by atoms with E-state index in [2.05, 4.69) is 10.2 Å². The van der Waals surface area contributed by atoms with Crippen LogP contribution in [0.4, 0.5) is 0 Å². The Morgan fingerprint density at radius 2 is 2.18 bits per heavy atom. The van der Waals surface area contributed by atoms with Crippen LogP contribution in [0, 0.1) is 6.92 Å². The predicted molar refractivity (Wildman–Crippen MR) is 85.1 cm³/mol. The molecular weight excluding hydrogens is 298 g/mol. The molecule has 2 aromatic rings. The lowest BCUT2D eigenvalue weighted by atomic mass is 9.99. The molecule has 1 aromatic carbocycles. The van der Waals surface area contributed by atoms with Gasteiger partial charge in [-0.15, -0.1) is 21.5 Å². The summed E-state index contributed by atoms with van der Waals surface area (Å²) < 4.78 is 5.55. The molecule has 0 unspecified atom stereocenters. The number of hydrogen-bond acceptors (Lipinski definition) is 5. The van der Waals surface area contributed by atoms with Crippen LogP contribution < -0.4 is 4.74 Å². The van der Waals surface area contributed by atoms with Gasteiger partial charge in [0.25, 0.3) is 5.91 Å². The summed E-state index contributed by atoms with van der Waals surface area (Å²) in [6, 6.07) is 9.43. The van der Waals surface area contributed by atoms with Crippen LogP contribution in [0.25, 0.3) is 0 Å². The number of para-hydroxylation sites is 1. The van der Waals surface area contributed by atoms with Crippen LogP contribution in [0.15, 0.2) is 30.3 Å². The zero-order valence-corrected chi connectivity index (χ0v) is 13.4. The van der Waals surface area contributed by atoms with Crippen molar-refractivity contribution < 1.29 is 9.53 Å². The van der Waals surface area contributed by atoms with Crippen LogP contribution in [0.5, 0.6) is 5.75 Å². The normalized spacial score (nSPS) is 18.2. The average Bonchev–Trinajstić information content (AvgIpc) is 3.00. The second-order valence-corrected chi connectivity index (χ2v) is 6.65. The first kappa shape index (κ1) is 15.0. The van der Waals surface area contributed by atoms with Gasteiger partial charge in [-0.25, -0.2) is 0 Å². The number of amides is 1. The van der Waals surface area contributed by atoms with E-state index in [0.29, 0.717) is 12.5 Å². The highest BCUT2D eigenvalue weighted by Crippen LogP contribution is 2.28. The Labute approximate surface area is 133 Å². The number of ether oxygens (including phenoxy) is 1. The van der Waals surface area contributed by atoms with E-state index in [9.17, 15) is 4.79 Å². The van der Waals surface area contributed by atoms with Crippen molar-refractivity contribution in [2.75, 3.05) is 19.7 Å². The molecule has 5 nitrogen and oxygen atoms in total. The van der Waals surface area contributed by atoms with Gasteiger partial charge in [0.05, 0.1) is 0 Å². The summed E-state index contributed by atoms with van der Waals surface area (Å²) in [5, 5.41) is 10.3. The summed E-state index contributed by atoms with van der Waals surface area (Å²) in [7, 11) is 0. The Bertz CT molecular complexity index is 629. The SMILES string of the molecule is Cc1nnc([C@H]2CCCN(C(=O)COc3ccccc3)C2)s1. The molecule has 1 aliphatic heterocycles. The third-order valence-electron chi connectivity index (χ3n) is 3.77. The molecular formula is C16H19N3O2S. The first-order valence-electron chi connectivity index (χ1n) is 7.48. The monoisotopic (exact) mass is 317 g/mol. The summed E-state index contributed by atoms with van der Waals surface area (Å²) in [6.07, 6.45) is 2.07. The quantitative estimate of drug-likeness (QED) is 0.870. The number of aryl methyl sites for hydroxylation is 1. The molecule has 1 atom stereocenters. The fourth-order valence-electron chi connectivity index (χ4n) is 2.64. The topological polar surface area (TPSA) is 55.3 Å². The van der Waals surface area contributed by atoms with Crippen molar-refractivity contribution in [2.45, 2.75) is 25.7 Å². The van der Waals surface area contributed by atoms with E-state index in [1.165, 1.54) is 0 Å². The largest absolute Gasteiger partial charge is 0.484 e. The molecule has 1 amide bonds. The van der Waals surface area contributed by atoms with E-state index in [4.69, 9.17) is 4.74 Å². The minimum atomic E-state index is 0.0368. The van der Waals surface area contributed by atoms with Crippen LogP contribution in [0.2, 0.25) is 0 Å². The molecule has 0 spiro atoms. The molecule has 0 N–H and O–H groups in total. The van der Waals surface area contributed by atoms with E-state index in [1.54, 1.807) is 11.3 Å². The van der Waals surface area contributed by atoms with Crippen LogP contribution in [-0.2, 0) is 4.79 Å². The lowest BCUT2D eigenvalue weighted by Gasteiger charge is -2.31. The van der Waals surface area contributed by atoms with Gasteiger partial charge in [-0.1, -0.05) is 18.2 Å². The Hall–Kier alpha value is -1.95. The molecule has 116 valence electrons. The molecule has 0 aliphatic carbocycles. The van der Waals surface area contributed by atoms with Crippen molar-refractivity contribution in [3.05, 3.63) is 40.3 Å². The Morgan fingerprint density at radius 1 is 1.36 bits per heavy atom. The molecule has 3 rings (SSSR count). The number of carbonyl (C=O) groups excluding carboxylic acids is 1. The van der Waals surface area contributed by atoms with Crippen molar-refractivity contribution in [1.29, 1.82) is 0 Å². The number of hydrogen-bond donors (Lipinski definition) is 0. The van der Waals surface area contributed by atoms with Crippen LogP contribution in [0.3, 0.4) is 0 Å². The Kier molecular flexibility index (Phi) is 4.68. The molecule has 1 aromatic heterocycles. The molecule has 0 saturated carbocycles. The zero-order valence-electron chi connectivity index (χ0n) is 12.6. The van der Waals surface area contributed by atoms with Crippen molar-refractivity contribution in [2.24, 2.45) is 0 Å². The molecule has 6 heteroatoms. The minimum absolute atomic E-state index is 0.0368. The van der Waals surface area contributed by atoms with Crippen LogP contribution in [0.1, 0.15) is 28.8 Å². The number of carbonyl (C=O) groups is 1. The average molecular weight is 317 g/mol. The van der Waals surface area contributed by atoms with Crippen molar-refractivity contribution >= 4 is 17.2 Å². The van der Waals surface area contributed by atoms with Crippen LogP contribution in [-0.4, -0.2) is 40.7 Å². The summed E-state index contributed by atoms with van der Waals surface area (Å²) in [6.45, 7) is 3.56. The highest BCUT2D eigenvalue weighted by Gasteiger charge is 2.27. The third-order valence-corrected chi connectivity index (χ3v) is 4.77. The van der Waals surface area contributed by atoms with Gasteiger partial charge in [-0.05, 0) is 31.9 Å². The number of aromatic nitrogens is 2. The fraction of sp³-hybridized carbons (Fsp3) is 0.438. The summed E-state index contributed by atoms with van der Waals surface area (Å²) in [4.78, 5) is 14.2. The highest BCUT2D eigenvalue weighted by atomic mass is 32.1. The molecule has 0 radical (unpaired) electrons. The molecule has 1 fully saturated rings. The number of likely N-dealkylation sites (tertiary alicyclic amines) is 1. The van der Waals surface area contributed by atoms with Gasteiger partial charge in [-0.3, -0.25) is 4.79 Å². The van der Waals surface area contributed by atoms with Gasteiger partial charge in [-0.2, -0.15) is 0 Å². The number of benzene rings is 1. The predicted octanol–water partition coefficient (Wildman–Crippen LogP) is 2.63. The Balaban J connectivity index is 1.56. The minimum Gasteiger partial charge on any atom is -0.484 e. The van der Waals surface area contributed by atoms with E-state index in [1.807, 2.05) is 42.2 Å². The van der Waals surface area contributed by atoms with Gasteiger partial charge in [0.2, 0.25) is 0 Å². The van der Waals surface area contributed by atoms with Gasteiger partial charge >= 0.3 is 0 Å². The van der Waals surface area contributed by atoms with Crippen LogP contribution >= 0.6 is 11.3 Å². The molecule has 22 heavy (non-hydrogen) atoms. The van der Waals surface area contributed by atoms with Gasteiger partial charge < -0.3 is 9.64 Å². The summed E-state index contributed by atoms with van der Waals surface area (Å²) >= 11 is 1.63. The van der Waals surface area contributed by atoms with E-state index in [-0.39, 0.29) is 12.5 Å². The molecule has 0 bridgehead atoms. The maximum absolute atomic E-state index is 12.3. The van der Waals surface area contributed by atoms with Crippen molar-refractivity contribution in [3.63, 3.8) is 0 Å². The summed E-state index contributed by atoms with van der Waals surface area (Å²) in [5.41, 5.74) is 0. The van der Waals surface area contributed by atoms with Gasteiger partial charge in [0, 0.05) is 19.0 Å². The second kappa shape index (κ2) is 6.87. The Morgan fingerprint density at radius 3 is 2.91 bits per heavy atom. The van der Waals surface area contributed by atoms with E-state index < -0.39 is 0 Å². The number of nitrogens with zero attached hydrogens (tertiary/aromatic N) is 3. The van der Waals surface area contributed by atoms with Crippen molar-refractivity contribution in [3.8, 4) is 5.75 Å². The zero-order chi connectivity index (χ0) is 15.4. The smallest absolute Gasteiger partial charge is 0.260 e. The fourth-order valence-corrected chi connectivity index (χ4v) is 3.46. The highest BCUT2D eigenvalue weighted by molar-refractivity contribution is 7.11. The number of piperidine rings is 1. The lowest BCUT2D eigenvalue weighted by molar-refractivity contribution is -0.134. The van der Waals surface area contributed by atoms with Gasteiger partial charge in [0.1, 0.15) is 15.8 Å². The molecule has 1 saturated heterocycles. The first-order valence-corrected chi connectivity index (χ1v) is 8.29. The van der Waals surface area contributed by atoms with Gasteiger partial charge in [0.15, 0.2) is 6.61 Å². The second-order valence-electron chi connectivity index (χ2n) is 5.44. The number of rotatable bonds is 4. The maximum atomic E-state index is 12.3. The molecule has 1 aliphatic rings. The summed E-state index contributed by atoms with van der Waals surface area (Å²) in [5.74, 6) is 1.07. The third kappa shape index (κ3) is 3.62. The van der Waals surface area contributed by atoms with E-state index in [0.717, 1.165) is 35.2 Å². The lowest BCUT2D eigenvalue weighted by Crippen LogP contribution is -2.41. The molecule has 2 heterocycles. The van der Waals surface area contributed by atoms with Crippen molar-refractivity contribution in [1.82, 2.24) is 15.1 Å². The maximum Gasteiger partial charge on any atom is 0.260 e. The standard InChI is InChI=1S/C16H19N3O2S/c1-12-17-18-16(22-12)13-6-5-9-19(10-13)15(20)11-21-14-7-3-2-4-8-14/h2-4,7-8,13H,5-6,9-11H2,1H3/t13-/m0/s1.